The average molecular weight is 327 g/mol. The Morgan fingerprint density at radius 1 is 0.880 bits per heavy atom. The maximum Gasteiger partial charge on any atom is 0.272 e. The van der Waals surface area contributed by atoms with Crippen molar-refractivity contribution in [2.45, 2.75) is 0 Å². The Balaban J connectivity index is 1.84. The fourth-order valence-corrected chi connectivity index (χ4v) is 2.22. The molecular formula is C21H17N3O. The Morgan fingerprint density at radius 2 is 1.56 bits per heavy atom. The lowest BCUT2D eigenvalue weighted by atomic mass is 10.1. The van der Waals surface area contributed by atoms with Crippen LogP contribution in [-0.2, 0) is 0 Å². The molecule has 1 aromatic heterocycles. The summed E-state index contributed by atoms with van der Waals surface area (Å²) in [6.07, 6.45) is 6.97. The number of hydrogen-bond donors (Lipinski definition) is 1. The monoisotopic (exact) mass is 327 g/mol. The van der Waals surface area contributed by atoms with E-state index in [9.17, 15) is 4.79 Å². The Bertz CT molecular complexity index is 873. The van der Waals surface area contributed by atoms with E-state index in [0.717, 1.165) is 11.1 Å². The van der Waals surface area contributed by atoms with E-state index in [0.29, 0.717) is 11.3 Å². The van der Waals surface area contributed by atoms with Crippen molar-refractivity contribution < 1.29 is 4.79 Å². The normalized spacial score (nSPS) is 11.4. The molecule has 0 aliphatic rings. The van der Waals surface area contributed by atoms with Gasteiger partial charge in [-0.05, 0) is 23.8 Å². The first-order valence-electron chi connectivity index (χ1n) is 7.89. The second kappa shape index (κ2) is 8.36. The van der Waals surface area contributed by atoms with Gasteiger partial charge in [0.15, 0.2) is 0 Å². The van der Waals surface area contributed by atoms with Crippen LogP contribution in [0.2, 0.25) is 0 Å². The number of rotatable bonds is 5. The van der Waals surface area contributed by atoms with Crippen molar-refractivity contribution in [1.82, 2.24) is 10.4 Å². The molecule has 0 unspecified atom stereocenters. The Morgan fingerprint density at radius 3 is 2.24 bits per heavy atom. The topological polar surface area (TPSA) is 54.4 Å². The number of nitrogens with one attached hydrogen (secondary N) is 1. The van der Waals surface area contributed by atoms with Gasteiger partial charge in [0.1, 0.15) is 0 Å². The first kappa shape index (κ1) is 16.3. The highest BCUT2D eigenvalue weighted by atomic mass is 16.2. The number of aromatic nitrogens is 1. The molecule has 4 heteroatoms. The summed E-state index contributed by atoms with van der Waals surface area (Å²) in [5.74, 6) is -0.297. The Labute approximate surface area is 146 Å². The standard InChI is InChI=1S/C21H17N3O/c25-21(19-12-7-15-22-16-19)24-23-20(18-10-5-2-6-11-18)14-13-17-8-3-1-4-9-17/h1-16H,(H,24,25)/b14-13-,23-20?. The summed E-state index contributed by atoms with van der Waals surface area (Å²) in [7, 11) is 0. The highest BCUT2D eigenvalue weighted by Gasteiger charge is 2.05. The maximum atomic E-state index is 12.2. The van der Waals surface area contributed by atoms with Crippen LogP contribution in [0.15, 0.2) is 96.4 Å². The maximum absolute atomic E-state index is 12.2. The molecular weight excluding hydrogens is 310 g/mol. The third-order valence-corrected chi connectivity index (χ3v) is 3.50. The molecule has 0 aliphatic heterocycles. The molecule has 0 saturated heterocycles. The smallest absolute Gasteiger partial charge is 0.267 e. The summed E-state index contributed by atoms with van der Waals surface area (Å²) >= 11 is 0. The predicted molar refractivity (Wildman–Crippen MR) is 100 cm³/mol. The van der Waals surface area contributed by atoms with Crippen LogP contribution in [0, 0.1) is 0 Å². The van der Waals surface area contributed by atoms with Crippen LogP contribution in [0.5, 0.6) is 0 Å². The van der Waals surface area contributed by atoms with E-state index in [-0.39, 0.29) is 5.91 Å². The quantitative estimate of drug-likeness (QED) is 0.570. The van der Waals surface area contributed by atoms with Crippen molar-refractivity contribution >= 4 is 17.7 Å². The largest absolute Gasteiger partial charge is 0.272 e. The lowest BCUT2D eigenvalue weighted by Gasteiger charge is -2.04. The summed E-state index contributed by atoms with van der Waals surface area (Å²) in [6.45, 7) is 0. The molecule has 1 heterocycles. The number of hydrogen-bond acceptors (Lipinski definition) is 3. The number of carbonyl (C=O) groups excluding carboxylic acids is 1. The molecule has 2 aromatic carbocycles. The summed E-state index contributed by atoms with van der Waals surface area (Å²) in [4.78, 5) is 16.1. The fourth-order valence-electron chi connectivity index (χ4n) is 2.22. The third kappa shape index (κ3) is 4.72. The van der Waals surface area contributed by atoms with Crippen molar-refractivity contribution in [1.29, 1.82) is 0 Å². The molecule has 0 aliphatic carbocycles. The first-order chi connectivity index (χ1) is 12.3. The second-order valence-corrected chi connectivity index (χ2v) is 5.29. The number of pyridine rings is 1. The van der Waals surface area contributed by atoms with Gasteiger partial charge in [0.2, 0.25) is 0 Å². The van der Waals surface area contributed by atoms with Crippen LogP contribution in [0.25, 0.3) is 6.08 Å². The van der Waals surface area contributed by atoms with Crippen molar-refractivity contribution in [3.63, 3.8) is 0 Å². The molecule has 3 rings (SSSR count). The van der Waals surface area contributed by atoms with E-state index in [1.807, 2.05) is 72.8 Å². The minimum Gasteiger partial charge on any atom is -0.267 e. The van der Waals surface area contributed by atoms with Gasteiger partial charge in [-0.2, -0.15) is 5.10 Å². The number of allylic oxidation sites excluding steroid dienone is 1. The molecule has 0 atom stereocenters. The predicted octanol–water partition coefficient (Wildman–Crippen LogP) is 3.93. The van der Waals surface area contributed by atoms with Gasteiger partial charge < -0.3 is 0 Å². The third-order valence-electron chi connectivity index (χ3n) is 3.50. The lowest BCUT2D eigenvalue weighted by molar-refractivity contribution is 0.0954. The number of nitrogens with zero attached hydrogens (tertiary/aromatic N) is 2. The van der Waals surface area contributed by atoms with Crippen molar-refractivity contribution in [3.8, 4) is 0 Å². The van der Waals surface area contributed by atoms with E-state index in [4.69, 9.17) is 0 Å². The molecule has 4 nitrogen and oxygen atoms in total. The van der Waals surface area contributed by atoms with Crippen molar-refractivity contribution in [3.05, 3.63) is 108 Å². The summed E-state index contributed by atoms with van der Waals surface area (Å²) in [5.41, 5.74) is 5.70. The average Bonchev–Trinajstić information content (AvgIpc) is 2.70. The van der Waals surface area contributed by atoms with Gasteiger partial charge >= 0.3 is 0 Å². The summed E-state index contributed by atoms with van der Waals surface area (Å²) in [5, 5.41) is 4.29. The Hall–Kier alpha value is -3.53. The number of benzene rings is 2. The molecule has 0 fully saturated rings. The molecule has 25 heavy (non-hydrogen) atoms. The van der Waals surface area contributed by atoms with E-state index < -0.39 is 0 Å². The van der Waals surface area contributed by atoms with E-state index in [1.54, 1.807) is 18.3 Å². The molecule has 0 saturated carbocycles. The highest BCUT2D eigenvalue weighted by Crippen LogP contribution is 2.07. The molecule has 3 aromatic rings. The number of hydrazone groups is 1. The molecule has 0 radical (unpaired) electrons. The van der Waals surface area contributed by atoms with E-state index in [1.165, 1.54) is 6.20 Å². The van der Waals surface area contributed by atoms with Gasteiger partial charge in [-0.25, -0.2) is 5.43 Å². The number of carbonyl (C=O) groups is 1. The van der Waals surface area contributed by atoms with Crippen LogP contribution in [0.1, 0.15) is 21.5 Å². The second-order valence-electron chi connectivity index (χ2n) is 5.29. The van der Waals surface area contributed by atoms with Gasteiger partial charge in [0.05, 0.1) is 11.3 Å². The van der Waals surface area contributed by atoms with Crippen molar-refractivity contribution in [2.24, 2.45) is 5.10 Å². The number of amides is 1. The first-order valence-corrected chi connectivity index (χ1v) is 7.89. The van der Waals surface area contributed by atoms with E-state index >= 15 is 0 Å². The minimum absolute atomic E-state index is 0.297. The van der Waals surface area contributed by atoms with Crippen LogP contribution in [0.3, 0.4) is 0 Å². The zero-order valence-corrected chi connectivity index (χ0v) is 13.5. The highest BCUT2D eigenvalue weighted by molar-refractivity contribution is 6.11. The minimum atomic E-state index is -0.297. The van der Waals surface area contributed by atoms with Crippen LogP contribution >= 0.6 is 0 Å². The summed E-state index contributed by atoms with van der Waals surface area (Å²) < 4.78 is 0. The Kier molecular flexibility index (Phi) is 5.46. The van der Waals surface area contributed by atoms with Gasteiger partial charge in [-0.15, -0.1) is 0 Å². The molecule has 1 amide bonds. The van der Waals surface area contributed by atoms with Crippen LogP contribution < -0.4 is 5.43 Å². The molecule has 0 bridgehead atoms. The van der Waals surface area contributed by atoms with Crippen LogP contribution in [0.4, 0.5) is 0 Å². The van der Waals surface area contributed by atoms with Crippen molar-refractivity contribution in [2.75, 3.05) is 0 Å². The van der Waals surface area contributed by atoms with Gasteiger partial charge in [0, 0.05) is 18.0 Å². The molecule has 122 valence electrons. The summed E-state index contributed by atoms with van der Waals surface area (Å²) in [6, 6.07) is 23.1. The zero-order chi connectivity index (χ0) is 17.3. The van der Waals surface area contributed by atoms with Gasteiger partial charge in [0.25, 0.3) is 5.91 Å². The SMILES string of the molecule is O=C(NN=C(/C=C\c1ccccc1)c1ccccc1)c1cccnc1. The molecule has 1 N–H and O–H groups in total. The van der Waals surface area contributed by atoms with Crippen LogP contribution in [-0.4, -0.2) is 16.6 Å². The van der Waals surface area contributed by atoms with Gasteiger partial charge in [-0.3, -0.25) is 9.78 Å². The van der Waals surface area contributed by atoms with Gasteiger partial charge in [-0.1, -0.05) is 66.7 Å². The lowest BCUT2D eigenvalue weighted by Crippen LogP contribution is -2.19. The molecule has 0 spiro atoms. The zero-order valence-electron chi connectivity index (χ0n) is 13.5. The van der Waals surface area contributed by atoms with E-state index in [2.05, 4.69) is 15.5 Å². The fraction of sp³-hybridized carbons (Fsp3) is 0.